The topological polar surface area (TPSA) is 41.6 Å². The number of carbonyl (C=O) groups is 1. The molecule has 4 nitrogen and oxygen atoms in total. The maximum atomic E-state index is 12.2. The van der Waals surface area contributed by atoms with Gasteiger partial charge >= 0.3 is 0 Å². The number of rotatable bonds is 4. The average Bonchev–Trinajstić information content (AvgIpc) is 2.32. The third-order valence-corrected chi connectivity index (χ3v) is 4.27. The molecule has 4 heteroatoms. The van der Waals surface area contributed by atoms with Crippen LogP contribution in [-0.2, 0) is 9.53 Å². The van der Waals surface area contributed by atoms with E-state index in [0.717, 1.165) is 39.0 Å². The minimum Gasteiger partial charge on any atom is -0.372 e. The number of carbonyl (C=O) groups excluding carboxylic acids is 1. The second-order valence-electron chi connectivity index (χ2n) is 5.97. The molecule has 0 spiro atoms. The zero-order valence-corrected chi connectivity index (χ0v) is 11.8. The lowest BCUT2D eigenvalue weighted by atomic mass is 9.95. The fourth-order valence-electron chi connectivity index (χ4n) is 2.42. The molecule has 1 N–H and O–H groups in total. The number of hydrogen-bond donors (Lipinski definition) is 1. The Hall–Kier alpha value is -0.610. The molecule has 18 heavy (non-hydrogen) atoms. The van der Waals surface area contributed by atoms with E-state index in [2.05, 4.69) is 19.2 Å². The van der Waals surface area contributed by atoms with Crippen molar-refractivity contribution in [2.45, 2.75) is 45.8 Å². The summed E-state index contributed by atoms with van der Waals surface area (Å²) in [6.07, 6.45) is 2.75. The highest BCUT2D eigenvalue weighted by Gasteiger charge is 2.29. The van der Waals surface area contributed by atoms with Crippen molar-refractivity contribution in [3.05, 3.63) is 0 Å². The van der Waals surface area contributed by atoms with Crippen LogP contribution in [0.2, 0.25) is 0 Å². The monoisotopic (exact) mass is 254 g/mol. The van der Waals surface area contributed by atoms with Gasteiger partial charge in [0.1, 0.15) is 0 Å². The van der Waals surface area contributed by atoms with Gasteiger partial charge in [0.25, 0.3) is 0 Å². The van der Waals surface area contributed by atoms with E-state index >= 15 is 0 Å². The Morgan fingerprint density at radius 1 is 1.17 bits per heavy atom. The van der Waals surface area contributed by atoms with E-state index in [4.69, 9.17) is 4.74 Å². The van der Waals surface area contributed by atoms with E-state index in [1.807, 2.05) is 11.8 Å². The van der Waals surface area contributed by atoms with Crippen molar-refractivity contribution in [3.63, 3.8) is 0 Å². The highest BCUT2D eigenvalue weighted by atomic mass is 16.5. The normalized spacial score (nSPS) is 24.1. The Morgan fingerprint density at radius 3 is 2.22 bits per heavy atom. The van der Waals surface area contributed by atoms with E-state index in [9.17, 15) is 4.79 Å². The van der Waals surface area contributed by atoms with E-state index in [1.54, 1.807) is 0 Å². The van der Waals surface area contributed by atoms with Crippen molar-refractivity contribution in [2.75, 3.05) is 26.2 Å². The molecule has 0 aromatic heterocycles. The molecular formula is C14H26N2O2. The van der Waals surface area contributed by atoms with Crippen LogP contribution in [0.1, 0.15) is 33.6 Å². The second-order valence-corrected chi connectivity index (χ2v) is 5.97. The van der Waals surface area contributed by atoms with Crippen LogP contribution in [0.5, 0.6) is 0 Å². The first-order valence-corrected chi connectivity index (χ1v) is 7.23. The van der Waals surface area contributed by atoms with Gasteiger partial charge in [-0.15, -0.1) is 0 Å². The Labute approximate surface area is 110 Å². The van der Waals surface area contributed by atoms with E-state index in [-0.39, 0.29) is 5.92 Å². The van der Waals surface area contributed by atoms with Gasteiger partial charge in [-0.2, -0.15) is 0 Å². The van der Waals surface area contributed by atoms with Crippen LogP contribution in [0.4, 0.5) is 0 Å². The summed E-state index contributed by atoms with van der Waals surface area (Å²) in [6.45, 7) is 9.97. The maximum Gasteiger partial charge on any atom is 0.225 e. The van der Waals surface area contributed by atoms with Crippen LogP contribution >= 0.6 is 0 Å². The lowest BCUT2D eigenvalue weighted by Crippen LogP contribution is -2.52. The molecule has 0 saturated carbocycles. The summed E-state index contributed by atoms with van der Waals surface area (Å²) in [5.41, 5.74) is 0. The minimum atomic E-state index is 0.137. The summed E-state index contributed by atoms with van der Waals surface area (Å²) in [5.74, 6) is 0.875. The van der Waals surface area contributed by atoms with Crippen molar-refractivity contribution in [2.24, 2.45) is 11.8 Å². The largest absolute Gasteiger partial charge is 0.372 e. The van der Waals surface area contributed by atoms with Gasteiger partial charge in [0.15, 0.2) is 0 Å². The fourth-order valence-corrected chi connectivity index (χ4v) is 2.42. The van der Waals surface area contributed by atoms with Gasteiger partial charge in [0.05, 0.1) is 12.2 Å². The third-order valence-electron chi connectivity index (χ3n) is 4.27. The first-order valence-electron chi connectivity index (χ1n) is 7.23. The van der Waals surface area contributed by atoms with Crippen molar-refractivity contribution < 1.29 is 9.53 Å². The number of ether oxygens (including phenoxy) is 1. The van der Waals surface area contributed by atoms with Crippen LogP contribution < -0.4 is 5.32 Å². The molecule has 2 fully saturated rings. The molecule has 2 heterocycles. The second kappa shape index (κ2) is 6.02. The highest BCUT2D eigenvalue weighted by Crippen LogP contribution is 2.20. The number of piperidine rings is 1. The summed E-state index contributed by atoms with van der Waals surface area (Å²) in [5, 5.41) is 3.22. The Balaban J connectivity index is 1.73. The lowest BCUT2D eigenvalue weighted by Gasteiger charge is -2.37. The molecule has 2 saturated heterocycles. The minimum absolute atomic E-state index is 0.137. The predicted molar refractivity (Wildman–Crippen MR) is 71.3 cm³/mol. The van der Waals surface area contributed by atoms with Crippen LogP contribution in [0.25, 0.3) is 0 Å². The smallest absolute Gasteiger partial charge is 0.225 e. The van der Waals surface area contributed by atoms with Gasteiger partial charge < -0.3 is 15.0 Å². The number of likely N-dealkylation sites (tertiary alicyclic amines) is 1. The van der Waals surface area contributed by atoms with Gasteiger partial charge in [-0.1, -0.05) is 20.8 Å². The number of nitrogens with one attached hydrogen (secondary N) is 1. The van der Waals surface area contributed by atoms with E-state index in [1.165, 1.54) is 0 Å². The summed E-state index contributed by atoms with van der Waals surface area (Å²) in [6, 6.07) is 0. The standard InChI is InChI=1S/C14H26N2O2/c1-10(2)11(3)14(17)16-6-4-12(5-7-16)18-13-8-15-9-13/h10-13,15H,4-9H2,1-3H3. The zero-order chi connectivity index (χ0) is 13.1. The Kier molecular flexibility index (Phi) is 4.62. The number of hydrogen-bond acceptors (Lipinski definition) is 3. The summed E-state index contributed by atoms with van der Waals surface area (Å²) >= 11 is 0. The van der Waals surface area contributed by atoms with Gasteiger partial charge in [0, 0.05) is 32.1 Å². The summed E-state index contributed by atoms with van der Waals surface area (Å²) in [7, 11) is 0. The first-order chi connectivity index (χ1) is 8.58. The molecule has 2 aliphatic heterocycles. The predicted octanol–water partition coefficient (Wildman–Crippen LogP) is 1.26. The summed E-state index contributed by atoms with van der Waals surface area (Å²) in [4.78, 5) is 14.2. The fraction of sp³-hybridized carbons (Fsp3) is 0.929. The quantitative estimate of drug-likeness (QED) is 0.821. The van der Waals surface area contributed by atoms with Crippen molar-refractivity contribution in [1.29, 1.82) is 0 Å². The number of nitrogens with zero attached hydrogens (tertiary/aromatic N) is 1. The molecule has 104 valence electrons. The molecule has 1 unspecified atom stereocenters. The number of amides is 1. The van der Waals surface area contributed by atoms with E-state index in [0.29, 0.717) is 24.0 Å². The SMILES string of the molecule is CC(C)C(C)C(=O)N1CCC(OC2CNC2)CC1. The first kappa shape index (κ1) is 13.8. The maximum absolute atomic E-state index is 12.2. The van der Waals surface area contributed by atoms with Crippen molar-refractivity contribution >= 4 is 5.91 Å². The third kappa shape index (κ3) is 3.23. The lowest BCUT2D eigenvalue weighted by molar-refractivity contribution is -0.140. The highest BCUT2D eigenvalue weighted by molar-refractivity contribution is 5.78. The van der Waals surface area contributed by atoms with Crippen molar-refractivity contribution in [1.82, 2.24) is 10.2 Å². The molecule has 0 bridgehead atoms. The van der Waals surface area contributed by atoms with Crippen LogP contribution in [0.3, 0.4) is 0 Å². The van der Waals surface area contributed by atoms with Crippen LogP contribution in [0, 0.1) is 11.8 Å². The molecule has 0 aliphatic carbocycles. The molecule has 1 atom stereocenters. The average molecular weight is 254 g/mol. The molecule has 2 aliphatic rings. The van der Waals surface area contributed by atoms with Gasteiger partial charge in [-0.3, -0.25) is 4.79 Å². The molecular weight excluding hydrogens is 228 g/mol. The molecule has 0 radical (unpaired) electrons. The molecule has 2 rings (SSSR count). The van der Waals surface area contributed by atoms with Gasteiger partial charge in [0.2, 0.25) is 5.91 Å². The van der Waals surface area contributed by atoms with E-state index < -0.39 is 0 Å². The molecule has 0 aromatic carbocycles. The van der Waals surface area contributed by atoms with Gasteiger partial charge in [-0.05, 0) is 18.8 Å². The van der Waals surface area contributed by atoms with Gasteiger partial charge in [-0.25, -0.2) is 0 Å². The molecule has 1 amide bonds. The van der Waals surface area contributed by atoms with Crippen molar-refractivity contribution in [3.8, 4) is 0 Å². The Morgan fingerprint density at radius 2 is 1.78 bits per heavy atom. The molecule has 0 aromatic rings. The van der Waals surface area contributed by atoms with Crippen LogP contribution in [0.15, 0.2) is 0 Å². The zero-order valence-electron chi connectivity index (χ0n) is 11.8. The van der Waals surface area contributed by atoms with Crippen LogP contribution in [-0.4, -0.2) is 49.2 Å². The summed E-state index contributed by atoms with van der Waals surface area (Å²) < 4.78 is 5.96. The Bertz CT molecular complexity index is 282.